The van der Waals surface area contributed by atoms with Crippen LogP contribution in [0.15, 0.2) is 11.1 Å². The zero-order valence-corrected chi connectivity index (χ0v) is 11.8. The topological polar surface area (TPSA) is 43.4 Å². The molecule has 0 aromatic heterocycles. The highest BCUT2D eigenvalue weighted by Gasteiger charge is 2.62. The van der Waals surface area contributed by atoms with E-state index in [1.807, 2.05) is 6.92 Å². The SMILES string of the molecule is CC1=C(C)CC2(C(=O)O[C@H]3CCCC[C@@H]32)S(=O)C1. The number of hydrogen-bond donors (Lipinski definition) is 0. The van der Waals surface area contributed by atoms with Gasteiger partial charge in [-0.1, -0.05) is 17.6 Å². The van der Waals surface area contributed by atoms with Gasteiger partial charge < -0.3 is 4.74 Å². The molecule has 1 aliphatic carbocycles. The molecule has 100 valence electrons. The number of carbonyl (C=O) groups is 1. The molecule has 1 saturated carbocycles. The van der Waals surface area contributed by atoms with Gasteiger partial charge in [0, 0.05) is 22.5 Å². The maximum absolute atomic E-state index is 12.6. The first-order valence-electron chi connectivity index (χ1n) is 6.80. The largest absolute Gasteiger partial charge is 0.461 e. The molecular weight excluding hydrogens is 248 g/mol. The fraction of sp³-hybridized carbons (Fsp3) is 0.786. The van der Waals surface area contributed by atoms with Crippen LogP contribution in [0.3, 0.4) is 0 Å². The second-order valence-electron chi connectivity index (χ2n) is 5.95. The summed E-state index contributed by atoms with van der Waals surface area (Å²) in [7, 11) is -1.11. The Hall–Kier alpha value is -0.640. The third kappa shape index (κ3) is 1.54. The van der Waals surface area contributed by atoms with Crippen molar-refractivity contribution in [3.63, 3.8) is 0 Å². The van der Waals surface area contributed by atoms with Crippen LogP contribution in [0.25, 0.3) is 0 Å². The van der Waals surface area contributed by atoms with Crippen LogP contribution in [0.4, 0.5) is 0 Å². The lowest BCUT2D eigenvalue weighted by Gasteiger charge is -2.37. The van der Waals surface area contributed by atoms with Gasteiger partial charge in [0.1, 0.15) is 6.10 Å². The first-order chi connectivity index (χ1) is 8.55. The van der Waals surface area contributed by atoms with Crippen molar-refractivity contribution in [2.75, 3.05) is 5.75 Å². The minimum absolute atomic E-state index is 0.0291. The molecule has 3 nitrogen and oxygen atoms in total. The van der Waals surface area contributed by atoms with E-state index >= 15 is 0 Å². The molecule has 1 saturated heterocycles. The highest BCUT2D eigenvalue weighted by molar-refractivity contribution is 7.87. The molecule has 4 heteroatoms. The zero-order chi connectivity index (χ0) is 12.9. The van der Waals surface area contributed by atoms with Gasteiger partial charge >= 0.3 is 5.97 Å². The number of allylic oxidation sites excluding steroid dienone is 1. The van der Waals surface area contributed by atoms with Crippen LogP contribution in [0.5, 0.6) is 0 Å². The van der Waals surface area contributed by atoms with Crippen molar-refractivity contribution in [2.24, 2.45) is 5.92 Å². The Morgan fingerprint density at radius 1 is 1.22 bits per heavy atom. The molecule has 0 aromatic carbocycles. The van der Waals surface area contributed by atoms with E-state index in [4.69, 9.17) is 4.74 Å². The third-order valence-electron chi connectivity index (χ3n) is 4.92. The predicted molar refractivity (Wildman–Crippen MR) is 70.6 cm³/mol. The quantitative estimate of drug-likeness (QED) is 0.500. The number of rotatable bonds is 0. The van der Waals surface area contributed by atoms with Crippen LogP contribution < -0.4 is 0 Å². The predicted octanol–water partition coefficient (Wildman–Crippen LogP) is 2.33. The summed E-state index contributed by atoms with van der Waals surface area (Å²) in [6.45, 7) is 4.09. The summed E-state index contributed by atoms with van der Waals surface area (Å²) in [5.74, 6) is 0.539. The van der Waals surface area contributed by atoms with Crippen molar-refractivity contribution >= 4 is 16.8 Å². The Kier molecular flexibility index (Phi) is 2.88. The smallest absolute Gasteiger partial charge is 0.325 e. The van der Waals surface area contributed by atoms with E-state index in [-0.39, 0.29) is 18.0 Å². The van der Waals surface area contributed by atoms with E-state index in [0.29, 0.717) is 12.2 Å². The lowest BCUT2D eigenvalue weighted by atomic mass is 9.76. The Balaban J connectivity index is 2.03. The summed E-state index contributed by atoms with van der Waals surface area (Å²) in [5, 5.41) is 0. The lowest BCUT2D eigenvalue weighted by molar-refractivity contribution is -0.143. The summed E-state index contributed by atoms with van der Waals surface area (Å²) in [4.78, 5) is 12.3. The molecule has 18 heavy (non-hydrogen) atoms. The molecule has 2 fully saturated rings. The number of ether oxygens (including phenoxy) is 1. The molecule has 3 aliphatic rings. The molecule has 0 aromatic rings. The zero-order valence-electron chi connectivity index (χ0n) is 11.0. The number of fused-ring (bicyclic) bond motifs is 2. The van der Waals surface area contributed by atoms with Crippen LogP contribution in [0.2, 0.25) is 0 Å². The molecule has 0 N–H and O–H groups in total. The maximum atomic E-state index is 12.6. The van der Waals surface area contributed by atoms with Gasteiger partial charge in [-0.05, 0) is 39.5 Å². The lowest BCUT2D eigenvalue weighted by Crippen LogP contribution is -2.50. The molecule has 0 bridgehead atoms. The van der Waals surface area contributed by atoms with Crippen LogP contribution in [0.1, 0.15) is 46.0 Å². The van der Waals surface area contributed by atoms with E-state index < -0.39 is 15.5 Å². The standard InChI is InChI=1S/C14H20O3S/c1-9-7-14(18(16)8-10(9)2)11-5-3-4-6-12(11)17-13(14)15/h11-12H,3-8H2,1-2H3/t11-,12-,14?,18?/m0/s1. The molecule has 3 rings (SSSR count). The third-order valence-corrected chi connectivity index (χ3v) is 7.04. The summed E-state index contributed by atoms with van der Waals surface area (Å²) >= 11 is 0. The Labute approximate surface area is 110 Å². The van der Waals surface area contributed by atoms with Crippen LogP contribution >= 0.6 is 0 Å². The second kappa shape index (κ2) is 4.19. The van der Waals surface area contributed by atoms with Crippen molar-refractivity contribution in [1.29, 1.82) is 0 Å². The van der Waals surface area contributed by atoms with Crippen molar-refractivity contribution < 1.29 is 13.7 Å². The highest BCUT2D eigenvalue weighted by atomic mass is 32.2. The van der Waals surface area contributed by atoms with Crippen LogP contribution in [-0.2, 0) is 20.3 Å². The molecule has 1 spiro atoms. The first-order valence-corrected chi connectivity index (χ1v) is 8.12. The summed E-state index contributed by atoms with van der Waals surface area (Å²) < 4.78 is 17.5. The minimum atomic E-state index is -1.11. The highest BCUT2D eigenvalue weighted by Crippen LogP contribution is 2.49. The fourth-order valence-corrected chi connectivity index (χ4v) is 5.81. The van der Waals surface area contributed by atoms with E-state index in [0.717, 1.165) is 25.7 Å². The number of carbonyl (C=O) groups excluding carboxylic acids is 1. The molecule has 4 atom stereocenters. The summed E-state index contributed by atoms with van der Waals surface area (Å²) in [6.07, 6.45) is 4.89. The molecule has 2 unspecified atom stereocenters. The van der Waals surface area contributed by atoms with Gasteiger partial charge in [-0.3, -0.25) is 9.00 Å². The molecule has 0 radical (unpaired) electrons. The molecule has 2 heterocycles. The average molecular weight is 268 g/mol. The van der Waals surface area contributed by atoms with Gasteiger partial charge in [0.15, 0.2) is 4.75 Å². The van der Waals surface area contributed by atoms with E-state index in [1.165, 1.54) is 11.1 Å². The fourth-order valence-electron chi connectivity index (χ4n) is 3.70. The molecule has 0 amide bonds. The van der Waals surface area contributed by atoms with Crippen molar-refractivity contribution in [3.05, 3.63) is 11.1 Å². The maximum Gasteiger partial charge on any atom is 0.325 e. The average Bonchev–Trinajstić information content (AvgIpc) is 2.61. The van der Waals surface area contributed by atoms with Gasteiger partial charge in [-0.15, -0.1) is 0 Å². The van der Waals surface area contributed by atoms with Gasteiger partial charge in [0.05, 0.1) is 0 Å². The Bertz CT molecular complexity index is 454. The number of esters is 1. The summed E-state index contributed by atoms with van der Waals surface area (Å²) in [5.41, 5.74) is 2.42. The van der Waals surface area contributed by atoms with E-state index in [1.54, 1.807) is 0 Å². The summed E-state index contributed by atoms with van der Waals surface area (Å²) in [6, 6.07) is 0. The van der Waals surface area contributed by atoms with Crippen LogP contribution in [0, 0.1) is 5.92 Å². The van der Waals surface area contributed by atoms with Crippen LogP contribution in [-0.4, -0.2) is 26.8 Å². The van der Waals surface area contributed by atoms with Gasteiger partial charge in [0.25, 0.3) is 0 Å². The van der Waals surface area contributed by atoms with Crippen molar-refractivity contribution in [1.82, 2.24) is 0 Å². The van der Waals surface area contributed by atoms with Crippen molar-refractivity contribution in [3.8, 4) is 0 Å². The Morgan fingerprint density at radius 2 is 1.94 bits per heavy atom. The van der Waals surface area contributed by atoms with E-state index in [2.05, 4.69) is 6.92 Å². The normalized spacial score (nSPS) is 44.1. The minimum Gasteiger partial charge on any atom is -0.461 e. The van der Waals surface area contributed by atoms with Crippen molar-refractivity contribution in [2.45, 2.75) is 56.8 Å². The second-order valence-corrected chi connectivity index (χ2v) is 7.66. The molecule has 2 aliphatic heterocycles. The Morgan fingerprint density at radius 3 is 2.72 bits per heavy atom. The molecular formula is C14H20O3S. The van der Waals surface area contributed by atoms with Gasteiger partial charge in [-0.25, -0.2) is 0 Å². The van der Waals surface area contributed by atoms with E-state index in [9.17, 15) is 9.00 Å². The first kappa shape index (κ1) is 12.4. The number of hydrogen-bond acceptors (Lipinski definition) is 3. The van der Waals surface area contributed by atoms with Gasteiger partial charge in [-0.2, -0.15) is 0 Å². The monoisotopic (exact) mass is 268 g/mol. The van der Waals surface area contributed by atoms with Gasteiger partial charge in [0.2, 0.25) is 0 Å².